The molecule has 0 saturated carbocycles. The van der Waals surface area contributed by atoms with Gasteiger partial charge in [-0.15, -0.1) is 13.2 Å². The zero-order valence-corrected chi connectivity index (χ0v) is 19.1. The van der Waals surface area contributed by atoms with Gasteiger partial charge in [0.15, 0.2) is 5.16 Å². The Hall–Kier alpha value is -3.16. The number of thioether (sulfide) groups is 1. The molecule has 0 spiro atoms. The summed E-state index contributed by atoms with van der Waals surface area (Å²) in [4.78, 5) is 27.7. The molecule has 32 heavy (non-hydrogen) atoms. The fourth-order valence-electron chi connectivity index (χ4n) is 2.91. The molecule has 0 saturated heterocycles. The van der Waals surface area contributed by atoms with Crippen molar-refractivity contribution in [2.24, 2.45) is 0 Å². The number of nitrogens with zero attached hydrogens (tertiary/aromatic N) is 4. The number of amides is 1. The zero-order chi connectivity index (χ0) is 22.8. The smallest absolute Gasteiger partial charge is 0.251 e. The first kappa shape index (κ1) is 23.5. The SMILES string of the molecule is C=CCN(CC=C)c1cc(Cl)nc(SCc2cccc(C(=O)NCc3ccccn3)c2)n1. The Balaban J connectivity index is 1.65. The van der Waals surface area contributed by atoms with E-state index in [9.17, 15) is 4.79 Å². The summed E-state index contributed by atoms with van der Waals surface area (Å²) in [5.41, 5.74) is 2.39. The first-order valence-electron chi connectivity index (χ1n) is 10.00. The van der Waals surface area contributed by atoms with Crippen LogP contribution < -0.4 is 10.2 Å². The molecule has 0 unspecified atom stereocenters. The highest BCUT2D eigenvalue weighted by atomic mass is 35.5. The number of benzene rings is 1. The number of pyridine rings is 1. The second kappa shape index (κ2) is 12.0. The van der Waals surface area contributed by atoms with Crippen LogP contribution in [0.1, 0.15) is 21.6 Å². The molecule has 2 heterocycles. The van der Waals surface area contributed by atoms with Gasteiger partial charge in [-0.2, -0.15) is 0 Å². The standard InChI is InChI=1S/C24H24ClN5OS/c1-3-12-30(13-4-2)22-15-21(25)28-24(29-22)32-17-18-8-7-9-19(14-18)23(31)27-16-20-10-5-6-11-26-20/h3-11,14-15H,1-2,12-13,16-17H2,(H,27,31). The van der Waals surface area contributed by atoms with E-state index in [0.29, 0.717) is 41.3 Å². The molecule has 0 aliphatic carbocycles. The number of halogens is 1. The normalized spacial score (nSPS) is 10.4. The lowest BCUT2D eigenvalue weighted by atomic mass is 10.1. The lowest BCUT2D eigenvalue weighted by Crippen LogP contribution is -2.24. The first-order chi connectivity index (χ1) is 15.6. The van der Waals surface area contributed by atoms with Gasteiger partial charge in [0.2, 0.25) is 0 Å². The Labute approximate surface area is 197 Å². The zero-order valence-electron chi connectivity index (χ0n) is 17.6. The summed E-state index contributed by atoms with van der Waals surface area (Å²) in [7, 11) is 0. The van der Waals surface area contributed by atoms with E-state index in [1.165, 1.54) is 11.8 Å². The van der Waals surface area contributed by atoms with Crippen LogP contribution in [-0.4, -0.2) is 33.9 Å². The number of carbonyl (C=O) groups is 1. The Kier molecular flexibility index (Phi) is 8.83. The minimum absolute atomic E-state index is 0.145. The predicted octanol–water partition coefficient (Wildman–Crippen LogP) is 4.93. The summed E-state index contributed by atoms with van der Waals surface area (Å²) < 4.78 is 0. The lowest BCUT2D eigenvalue weighted by Gasteiger charge is -2.20. The van der Waals surface area contributed by atoms with E-state index in [-0.39, 0.29) is 5.91 Å². The van der Waals surface area contributed by atoms with E-state index >= 15 is 0 Å². The lowest BCUT2D eigenvalue weighted by molar-refractivity contribution is 0.0950. The summed E-state index contributed by atoms with van der Waals surface area (Å²) in [6.07, 6.45) is 5.31. The number of anilines is 1. The highest BCUT2D eigenvalue weighted by Gasteiger charge is 2.11. The van der Waals surface area contributed by atoms with E-state index in [1.807, 2.05) is 41.3 Å². The van der Waals surface area contributed by atoms with Crippen molar-refractivity contribution in [2.75, 3.05) is 18.0 Å². The van der Waals surface area contributed by atoms with Crippen LogP contribution in [0.15, 0.2) is 85.2 Å². The van der Waals surface area contributed by atoms with Crippen molar-refractivity contribution in [1.29, 1.82) is 0 Å². The molecule has 3 aromatic rings. The molecule has 6 nitrogen and oxygen atoms in total. The highest BCUT2D eigenvalue weighted by Crippen LogP contribution is 2.25. The van der Waals surface area contributed by atoms with Crippen LogP contribution in [0, 0.1) is 0 Å². The molecule has 164 valence electrons. The van der Waals surface area contributed by atoms with Gasteiger partial charge in [-0.1, -0.05) is 53.7 Å². The molecule has 8 heteroatoms. The van der Waals surface area contributed by atoms with Crippen molar-refractivity contribution in [1.82, 2.24) is 20.3 Å². The third kappa shape index (κ3) is 6.93. The Morgan fingerprint density at radius 1 is 1.09 bits per heavy atom. The predicted molar refractivity (Wildman–Crippen MR) is 131 cm³/mol. The topological polar surface area (TPSA) is 71.0 Å². The Morgan fingerprint density at radius 2 is 1.91 bits per heavy atom. The van der Waals surface area contributed by atoms with Crippen molar-refractivity contribution in [3.05, 3.63) is 102 Å². The van der Waals surface area contributed by atoms with E-state index in [0.717, 1.165) is 17.1 Å². The average Bonchev–Trinajstić information content (AvgIpc) is 2.81. The van der Waals surface area contributed by atoms with Gasteiger partial charge in [0.05, 0.1) is 12.2 Å². The molecular weight excluding hydrogens is 442 g/mol. The van der Waals surface area contributed by atoms with Crippen molar-refractivity contribution >= 4 is 35.1 Å². The fraction of sp³-hybridized carbons (Fsp3) is 0.167. The van der Waals surface area contributed by atoms with Crippen LogP contribution in [0.3, 0.4) is 0 Å². The van der Waals surface area contributed by atoms with Crippen LogP contribution in [0.25, 0.3) is 0 Å². The molecule has 3 rings (SSSR count). The molecule has 0 radical (unpaired) electrons. The monoisotopic (exact) mass is 465 g/mol. The van der Waals surface area contributed by atoms with Gasteiger partial charge in [-0.05, 0) is 29.8 Å². The molecular formula is C24H24ClN5OS. The van der Waals surface area contributed by atoms with Crippen molar-refractivity contribution in [3.8, 4) is 0 Å². The molecule has 0 aliphatic rings. The van der Waals surface area contributed by atoms with E-state index in [1.54, 1.807) is 30.5 Å². The maximum atomic E-state index is 12.5. The van der Waals surface area contributed by atoms with Crippen LogP contribution in [-0.2, 0) is 12.3 Å². The first-order valence-corrected chi connectivity index (χ1v) is 11.4. The third-order valence-corrected chi connectivity index (χ3v) is 5.51. The van der Waals surface area contributed by atoms with E-state index < -0.39 is 0 Å². The molecule has 0 atom stereocenters. The molecule has 1 amide bonds. The average molecular weight is 466 g/mol. The van der Waals surface area contributed by atoms with Gasteiger partial charge in [0.25, 0.3) is 5.91 Å². The van der Waals surface area contributed by atoms with Crippen LogP contribution in [0.5, 0.6) is 0 Å². The summed E-state index contributed by atoms with van der Waals surface area (Å²) in [5, 5.41) is 3.83. The number of hydrogen-bond acceptors (Lipinski definition) is 6. The maximum Gasteiger partial charge on any atom is 0.251 e. The van der Waals surface area contributed by atoms with Crippen LogP contribution in [0.2, 0.25) is 5.15 Å². The molecule has 0 bridgehead atoms. The molecule has 0 fully saturated rings. The molecule has 1 N–H and O–H groups in total. The second-order valence-electron chi connectivity index (χ2n) is 6.81. The number of aromatic nitrogens is 3. The van der Waals surface area contributed by atoms with Gasteiger partial charge in [0, 0.05) is 36.7 Å². The number of hydrogen-bond donors (Lipinski definition) is 1. The summed E-state index contributed by atoms with van der Waals surface area (Å²) in [5.74, 6) is 1.17. The van der Waals surface area contributed by atoms with Gasteiger partial charge < -0.3 is 10.2 Å². The summed E-state index contributed by atoms with van der Waals surface area (Å²) >= 11 is 7.69. The maximum absolute atomic E-state index is 12.5. The molecule has 0 aliphatic heterocycles. The largest absolute Gasteiger partial charge is 0.349 e. The van der Waals surface area contributed by atoms with Crippen LogP contribution >= 0.6 is 23.4 Å². The minimum Gasteiger partial charge on any atom is -0.349 e. The van der Waals surface area contributed by atoms with Gasteiger partial charge >= 0.3 is 0 Å². The number of carbonyl (C=O) groups excluding carboxylic acids is 1. The van der Waals surface area contributed by atoms with Gasteiger partial charge in [-0.3, -0.25) is 9.78 Å². The molecule has 2 aromatic heterocycles. The molecule has 1 aromatic carbocycles. The van der Waals surface area contributed by atoms with Crippen molar-refractivity contribution in [2.45, 2.75) is 17.5 Å². The number of rotatable bonds is 11. The Bertz CT molecular complexity index is 1070. The highest BCUT2D eigenvalue weighted by molar-refractivity contribution is 7.98. The van der Waals surface area contributed by atoms with Crippen LogP contribution in [0.4, 0.5) is 5.82 Å². The van der Waals surface area contributed by atoms with Gasteiger partial charge in [-0.25, -0.2) is 9.97 Å². The summed E-state index contributed by atoms with van der Waals surface area (Å²) in [6.45, 7) is 9.20. The number of nitrogens with one attached hydrogen (secondary N) is 1. The second-order valence-corrected chi connectivity index (χ2v) is 8.14. The van der Waals surface area contributed by atoms with E-state index in [4.69, 9.17) is 11.6 Å². The fourth-order valence-corrected chi connectivity index (χ4v) is 3.94. The summed E-state index contributed by atoms with van der Waals surface area (Å²) in [6, 6.07) is 14.8. The quantitative estimate of drug-likeness (QED) is 0.187. The van der Waals surface area contributed by atoms with E-state index in [2.05, 4.69) is 33.4 Å². The third-order valence-electron chi connectivity index (χ3n) is 4.40. The minimum atomic E-state index is -0.145. The van der Waals surface area contributed by atoms with Gasteiger partial charge in [0.1, 0.15) is 11.0 Å². The Morgan fingerprint density at radius 3 is 2.62 bits per heavy atom. The van der Waals surface area contributed by atoms with Crippen molar-refractivity contribution in [3.63, 3.8) is 0 Å². The van der Waals surface area contributed by atoms with Crippen molar-refractivity contribution < 1.29 is 4.79 Å².